The monoisotopic (exact) mass is 290 g/mol. The van der Waals surface area contributed by atoms with Crippen LogP contribution < -0.4 is 5.53 Å². The van der Waals surface area contributed by atoms with E-state index in [1.54, 1.807) is 17.4 Å². The fourth-order valence-corrected chi connectivity index (χ4v) is 2.16. The molecule has 0 unspecified atom stereocenters. The second-order valence-electron chi connectivity index (χ2n) is 4.36. The van der Waals surface area contributed by atoms with Gasteiger partial charge in [0.15, 0.2) is 0 Å². The van der Waals surface area contributed by atoms with Crippen LogP contribution in [0.3, 0.4) is 0 Å². The number of amides is 1. The number of hydrazine groups is 2. The maximum atomic E-state index is 10.8. The van der Waals surface area contributed by atoms with Crippen molar-refractivity contribution < 1.29 is 9.90 Å². The molecule has 0 bridgehead atoms. The summed E-state index contributed by atoms with van der Waals surface area (Å²) in [5.41, 5.74) is 4.60. The predicted octanol–water partition coefficient (Wildman–Crippen LogP) is 2.57. The average molecular weight is 291 g/mol. The third-order valence-electron chi connectivity index (χ3n) is 2.90. The van der Waals surface area contributed by atoms with Gasteiger partial charge >= 0.3 is 6.09 Å². The minimum Gasteiger partial charge on any atom is -0.464 e. The first-order valence-corrected chi connectivity index (χ1v) is 6.27. The number of benzene rings is 1. The number of fused-ring (bicyclic) bond motifs is 1. The Kier molecular flexibility index (Phi) is 3.17. The largest absolute Gasteiger partial charge is 0.464 e. The molecule has 7 heteroatoms. The van der Waals surface area contributed by atoms with Crippen molar-refractivity contribution in [2.45, 2.75) is 6.54 Å². The Balaban J connectivity index is 1.78. The lowest BCUT2D eigenvalue weighted by Crippen LogP contribution is -2.41. The van der Waals surface area contributed by atoms with Gasteiger partial charge in [-0.2, -0.15) is 5.01 Å². The SMILES string of the molecule is O=C(O)N1C=CN(Cc2ccc3ncc(Cl)cc3c2)N1. The topological polar surface area (TPSA) is 68.7 Å². The highest BCUT2D eigenvalue weighted by molar-refractivity contribution is 6.31. The van der Waals surface area contributed by atoms with E-state index in [2.05, 4.69) is 10.5 Å². The molecule has 102 valence electrons. The minimum atomic E-state index is -1.06. The van der Waals surface area contributed by atoms with E-state index in [9.17, 15) is 4.79 Å². The van der Waals surface area contributed by atoms with Gasteiger partial charge in [-0.05, 0) is 23.8 Å². The maximum Gasteiger partial charge on any atom is 0.427 e. The fourth-order valence-electron chi connectivity index (χ4n) is 2.00. The molecule has 1 aliphatic rings. The normalized spacial score (nSPS) is 14.2. The Hall–Kier alpha value is -2.31. The Morgan fingerprint density at radius 1 is 1.35 bits per heavy atom. The average Bonchev–Trinajstić information content (AvgIpc) is 2.87. The predicted molar refractivity (Wildman–Crippen MR) is 74.4 cm³/mol. The smallest absolute Gasteiger partial charge is 0.427 e. The number of carbonyl (C=O) groups is 1. The minimum absolute atomic E-state index is 0.530. The second kappa shape index (κ2) is 4.99. The third kappa shape index (κ3) is 2.52. The molecule has 0 aliphatic carbocycles. The van der Waals surface area contributed by atoms with Crippen LogP contribution in [0, 0.1) is 0 Å². The molecular formula is C13H11ClN4O2. The van der Waals surface area contributed by atoms with Gasteiger partial charge < -0.3 is 5.11 Å². The quantitative estimate of drug-likeness (QED) is 0.890. The maximum absolute atomic E-state index is 10.8. The van der Waals surface area contributed by atoms with Crippen molar-refractivity contribution in [2.75, 3.05) is 0 Å². The van der Waals surface area contributed by atoms with Gasteiger partial charge in [-0.25, -0.2) is 4.79 Å². The number of halogens is 1. The van der Waals surface area contributed by atoms with Gasteiger partial charge in [-0.15, -0.1) is 5.53 Å². The molecule has 1 aromatic heterocycles. The highest BCUT2D eigenvalue weighted by Gasteiger charge is 2.17. The lowest BCUT2D eigenvalue weighted by atomic mass is 10.1. The van der Waals surface area contributed by atoms with E-state index in [1.165, 1.54) is 6.20 Å². The molecule has 1 amide bonds. The Morgan fingerprint density at radius 3 is 2.95 bits per heavy atom. The number of rotatable bonds is 2. The van der Waals surface area contributed by atoms with Gasteiger partial charge in [0.05, 0.1) is 17.1 Å². The molecular weight excluding hydrogens is 280 g/mol. The van der Waals surface area contributed by atoms with E-state index in [0.717, 1.165) is 21.5 Å². The summed E-state index contributed by atoms with van der Waals surface area (Å²) in [5, 5.41) is 13.0. The van der Waals surface area contributed by atoms with Crippen LogP contribution in [-0.2, 0) is 6.54 Å². The number of carboxylic acid groups (broad SMARTS) is 1. The summed E-state index contributed by atoms with van der Waals surface area (Å²) in [4.78, 5) is 15.0. The van der Waals surface area contributed by atoms with Gasteiger partial charge in [0.1, 0.15) is 0 Å². The van der Waals surface area contributed by atoms with Crippen LogP contribution in [0.1, 0.15) is 5.56 Å². The summed E-state index contributed by atoms with van der Waals surface area (Å²) in [6, 6.07) is 7.69. The number of aromatic nitrogens is 1. The number of nitrogens with zero attached hydrogens (tertiary/aromatic N) is 3. The summed E-state index contributed by atoms with van der Waals surface area (Å²) in [6.45, 7) is 0.530. The van der Waals surface area contributed by atoms with Crippen LogP contribution in [0.5, 0.6) is 0 Å². The van der Waals surface area contributed by atoms with Gasteiger partial charge in [0.2, 0.25) is 0 Å². The lowest BCUT2D eigenvalue weighted by molar-refractivity contribution is 0.104. The summed E-state index contributed by atoms with van der Waals surface area (Å²) in [5.74, 6) is 0. The van der Waals surface area contributed by atoms with Crippen LogP contribution in [-0.4, -0.2) is 26.2 Å². The van der Waals surface area contributed by atoms with Crippen molar-refractivity contribution >= 4 is 28.6 Å². The van der Waals surface area contributed by atoms with Gasteiger partial charge in [-0.1, -0.05) is 17.7 Å². The molecule has 2 aromatic rings. The molecule has 0 atom stereocenters. The molecule has 0 spiro atoms. The zero-order valence-corrected chi connectivity index (χ0v) is 11.1. The third-order valence-corrected chi connectivity index (χ3v) is 3.11. The molecule has 20 heavy (non-hydrogen) atoms. The first kappa shape index (κ1) is 12.7. The van der Waals surface area contributed by atoms with E-state index in [1.807, 2.05) is 24.3 Å². The number of hydrogen-bond donors (Lipinski definition) is 2. The van der Waals surface area contributed by atoms with Gasteiger partial charge in [-0.3, -0.25) is 9.99 Å². The molecule has 2 N–H and O–H groups in total. The van der Waals surface area contributed by atoms with Crippen molar-refractivity contribution in [1.82, 2.24) is 20.5 Å². The van der Waals surface area contributed by atoms with Crippen LogP contribution >= 0.6 is 11.6 Å². The zero-order chi connectivity index (χ0) is 14.1. The lowest BCUT2D eigenvalue weighted by Gasteiger charge is -2.19. The van der Waals surface area contributed by atoms with E-state index >= 15 is 0 Å². The van der Waals surface area contributed by atoms with E-state index < -0.39 is 6.09 Å². The van der Waals surface area contributed by atoms with Crippen molar-refractivity contribution in [3.05, 3.63) is 53.4 Å². The Bertz CT molecular complexity index is 704. The number of hydrogen-bond acceptors (Lipinski definition) is 4. The Morgan fingerprint density at radius 2 is 2.20 bits per heavy atom. The molecule has 1 aliphatic heterocycles. The fraction of sp³-hybridized carbons (Fsp3) is 0.0769. The molecule has 0 saturated heterocycles. The summed E-state index contributed by atoms with van der Waals surface area (Å²) in [6.07, 6.45) is 3.66. The second-order valence-corrected chi connectivity index (χ2v) is 4.80. The van der Waals surface area contributed by atoms with Crippen molar-refractivity contribution in [1.29, 1.82) is 0 Å². The first-order chi connectivity index (χ1) is 9.61. The van der Waals surface area contributed by atoms with E-state index in [4.69, 9.17) is 16.7 Å². The van der Waals surface area contributed by atoms with Crippen molar-refractivity contribution in [2.24, 2.45) is 0 Å². The van der Waals surface area contributed by atoms with Gasteiger partial charge in [0.25, 0.3) is 0 Å². The van der Waals surface area contributed by atoms with Gasteiger partial charge in [0, 0.05) is 24.0 Å². The number of pyridine rings is 1. The Labute approximate surface area is 119 Å². The highest BCUT2D eigenvalue weighted by Crippen LogP contribution is 2.19. The van der Waals surface area contributed by atoms with E-state index in [0.29, 0.717) is 11.6 Å². The molecule has 6 nitrogen and oxygen atoms in total. The molecule has 0 fully saturated rings. The van der Waals surface area contributed by atoms with Crippen LogP contribution in [0.4, 0.5) is 4.79 Å². The highest BCUT2D eigenvalue weighted by atomic mass is 35.5. The first-order valence-electron chi connectivity index (χ1n) is 5.89. The summed E-state index contributed by atoms with van der Waals surface area (Å²) < 4.78 is 0. The standard InChI is InChI=1S/C13H11ClN4O2/c14-11-6-10-5-9(1-2-12(10)15-7-11)8-17-3-4-18(16-17)13(19)20/h1-7,16H,8H2,(H,19,20). The van der Waals surface area contributed by atoms with Crippen molar-refractivity contribution in [3.63, 3.8) is 0 Å². The molecule has 2 heterocycles. The summed E-state index contributed by atoms with van der Waals surface area (Å²) >= 11 is 5.93. The molecule has 0 radical (unpaired) electrons. The zero-order valence-electron chi connectivity index (χ0n) is 10.3. The molecule has 3 rings (SSSR count). The molecule has 1 aromatic carbocycles. The van der Waals surface area contributed by atoms with Crippen LogP contribution in [0.15, 0.2) is 42.9 Å². The summed E-state index contributed by atoms with van der Waals surface area (Å²) in [7, 11) is 0. The molecule has 0 saturated carbocycles. The van der Waals surface area contributed by atoms with E-state index in [-0.39, 0.29) is 0 Å². The van der Waals surface area contributed by atoms with Crippen LogP contribution in [0.2, 0.25) is 5.02 Å². The number of nitrogens with one attached hydrogen (secondary N) is 1. The van der Waals surface area contributed by atoms with Crippen LogP contribution in [0.25, 0.3) is 10.9 Å². The van der Waals surface area contributed by atoms with Crippen molar-refractivity contribution in [3.8, 4) is 0 Å².